The summed E-state index contributed by atoms with van der Waals surface area (Å²) in [7, 11) is 0. The van der Waals surface area contributed by atoms with Crippen LogP contribution in [0.4, 0.5) is 0 Å². The van der Waals surface area contributed by atoms with Crippen LogP contribution in [0.2, 0.25) is 0 Å². The lowest BCUT2D eigenvalue weighted by Crippen LogP contribution is -2.50. The van der Waals surface area contributed by atoms with Crippen molar-refractivity contribution in [3.8, 4) is 5.75 Å². The van der Waals surface area contributed by atoms with Gasteiger partial charge >= 0.3 is 0 Å². The van der Waals surface area contributed by atoms with Gasteiger partial charge in [0.05, 0.1) is 12.7 Å². The second-order valence-electron chi connectivity index (χ2n) is 5.03. The van der Waals surface area contributed by atoms with Crippen LogP contribution in [0.15, 0.2) is 24.3 Å². The van der Waals surface area contributed by atoms with Gasteiger partial charge in [-0.05, 0) is 31.5 Å². The van der Waals surface area contributed by atoms with E-state index in [0.717, 1.165) is 25.3 Å². The molecule has 0 aromatic heterocycles. The molecular formula is C14H22N2O2. The van der Waals surface area contributed by atoms with E-state index >= 15 is 0 Å². The van der Waals surface area contributed by atoms with Crippen LogP contribution in [0, 0.1) is 0 Å². The molecule has 3 atom stereocenters. The molecule has 0 bridgehead atoms. The van der Waals surface area contributed by atoms with E-state index in [1.165, 1.54) is 0 Å². The number of rotatable bonds is 3. The molecular weight excluding hydrogens is 228 g/mol. The molecule has 0 radical (unpaired) electrons. The van der Waals surface area contributed by atoms with E-state index in [0.29, 0.717) is 5.75 Å². The van der Waals surface area contributed by atoms with Crippen molar-refractivity contribution < 1.29 is 9.84 Å². The lowest BCUT2D eigenvalue weighted by atomic mass is 10.0. The Hall–Kier alpha value is -1.10. The molecule has 0 aliphatic carbocycles. The normalized spacial score (nSPS) is 24.7. The zero-order valence-corrected chi connectivity index (χ0v) is 11.0. The third-order valence-electron chi connectivity index (χ3n) is 3.61. The fourth-order valence-corrected chi connectivity index (χ4v) is 2.36. The summed E-state index contributed by atoms with van der Waals surface area (Å²) in [6.07, 6.45) is 0.0958. The van der Waals surface area contributed by atoms with Gasteiger partial charge in [0.2, 0.25) is 0 Å². The van der Waals surface area contributed by atoms with Crippen LogP contribution in [-0.2, 0) is 4.74 Å². The minimum atomic E-state index is 0.0455. The molecule has 1 heterocycles. The number of benzene rings is 1. The number of phenolic OH excluding ortho intramolecular Hbond substituents is 1. The summed E-state index contributed by atoms with van der Waals surface area (Å²) in [5.74, 6) is 0.316. The van der Waals surface area contributed by atoms with Crippen molar-refractivity contribution in [1.82, 2.24) is 4.90 Å². The second kappa shape index (κ2) is 5.69. The van der Waals surface area contributed by atoms with Gasteiger partial charge in [-0.3, -0.25) is 4.90 Å². The van der Waals surface area contributed by atoms with E-state index in [1.807, 2.05) is 25.1 Å². The van der Waals surface area contributed by atoms with Crippen LogP contribution in [-0.4, -0.2) is 41.8 Å². The average Bonchev–Trinajstić information content (AvgIpc) is 2.38. The summed E-state index contributed by atoms with van der Waals surface area (Å²) >= 11 is 0. The zero-order chi connectivity index (χ0) is 13.1. The van der Waals surface area contributed by atoms with Gasteiger partial charge in [0.25, 0.3) is 0 Å². The summed E-state index contributed by atoms with van der Waals surface area (Å²) in [4.78, 5) is 2.35. The SMILES string of the molecule is CC(N)C1CN(C(C)c2cccc(O)c2)CCO1. The largest absolute Gasteiger partial charge is 0.508 e. The van der Waals surface area contributed by atoms with E-state index in [1.54, 1.807) is 6.07 Å². The van der Waals surface area contributed by atoms with Crippen molar-refractivity contribution in [3.05, 3.63) is 29.8 Å². The predicted molar refractivity (Wildman–Crippen MR) is 71.5 cm³/mol. The third-order valence-corrected chi connectivity index (χ3v) is 3.61. The first kappa shape index (κ1) is 13.3. The van der Waals surface area contributed by atoms with Gasteiger partial charge in [0.1, 0.15) is 5.75 Å². The summed E-state index contributed by atoms with van der Waals surface area (Å²) in [5.41, 5.74) is 7.03. The van der Waals surface area contributed by atoms with Crippen molar-refractivity contribution in [1.29, 1.82) is 0 Å². The lowest BCUT2D eigenvalue weighted by Gasteiger charge is -2.38. The quantitative estimate of drug-likeness (QED) is 0.853. The van der Waals surface area contributed by atoms with Gasteiger partial charge in [0, 0.05) is 25.2 Å². The van der Waals surface area contributed by atoms with Gasteiger partial charge in [-0.2, -0.15) is 0 Å². The first-order valence-corrected chi connectivity index (χ1v) is 6.48. The number of morpholine rings is 1. The molecule has 1 aromatic carbocycles. The van der Waals surface area contributed by atoms with Crippen LogP contribution in [0.25, 0.3) is 0 Å². The maximum Gasteiger partial charge on any atom is 0.115 e. The van der Waals surface area contributed by atoms with E-state index < -0.39 is 0 Å². The summed E-state index contributed by atoms with van der Waals surface area (Å²) in [5, 5.41) is 9.54. The van der Waals surface area contributed by atoms with E-state index in [2.05, 4.69) is 11.8 Å². The molecule has 0 spiro atoms. The van der Waals surface area contributed by atoms with Gasteiger partial charge in [-0.1, -0.05) is 12.1 Å². The van der Waals surface area contributed by atoms with E-state index in [9.17, 15) is 5.11 Å². The highest BCUT2D eigenvalue weighted by Crippen LogP contribution is 2.25. The van der Waals surface area contributed by atoms with Crippen LogP contribution in [0.5, 0.6) is 5.75 Å². The minimum absolute atomic E-state index is 0.0455. The Morgan fingerprint density at radius 1 is 1.44 bits per heavy atom. The fourth-order valence-electron chi connectivity index (χ4n) is 2.36. The van der Waals surface area contributed by atoms with Crippen molar-refractivity contribution in [3.63, 3.8) is 0 Å². The highest BCUT2D eigenvalue weighted by atomic mass is 16.5. The molecule has 3 N–H and O–H groups in total. The number of hydrogen-bond donors (Lipinski definition) is 2. The number of nitrogens with two attached hydrogens (primary N) is 1. The summed E-state index contributed by atoms with van der Waals surface area (Å²) in [6.45, 7) is 6.59. The predicted octanol–water partition coefficient (Wildman–Crippen LogP) is 1.50. The topological polar surface area (TPSA) is 58.7 Å². The Labute approximate surface area is 108 Å². The molecule has 100 valence electrons. The molecule has 4 heteroatoms. The lowest BCUT2D eigenvalue weighted by molar-refractivity contribution is -0.0498. The first-order valence-electron chi connectivity index (χ1n) is 6.48. The Morgan fingerprint density at radius 2 is 2.22 bits per heavy atom. The number of hydrogen-bond acceptors (Lipinski definition) is 4. The van der Waals surface area contributed by atoms with E-state index in [4.69, 9.17) is 10.5 Å². The van der Waals surface area contributed by atoms with Crippen molar-refractivity contribution in [2.45, 2.75) is 32.0 Å². The molecule has 0 saturated carbocycles. The molecule has 1 saturated heterocycles. The number of nitrogens with zero attached hydrogens (tertiary/aromatic N) is 1. The number of ether oxygens (including phenoxy) is 1. The van der Waals surface area contributed by atoms with Gasteiger partial charge in [-0.25, -0.2) is 0 Å². The van der Waals surface area contributed by atoms with Crippen LogP contribution in [0.1, 0.15) is 25.5 Å². The number of phenols is 1. The van der Waals surface area contributed by atoms with Crippen LogP contribution >= 0.6 is 0 Å². The third kappa shape index (κ3) is 3.02. The van der Waals surface area contributed by atoms with E-state index in [-0.39, 0.29) is 18.2 Å². The van der Waals surface area contributed by atoms with Crippen molar-refractivity contribution in [2.24, 2.45) is 5.73 Å². The van der Waals surface area contributed by atoms with Gasteiger partial charge in [0.15, 0.2) is 0 Å². The molecule has 3 unspecified atom stereocenters. The highest BCUT2D eigenvalue weighted by molar-refractivity contribution is 5.29. The maximum atomic E-state index is 9.54. The number of aromatic hydroxyl groups is 1. The molecule has 0 amide bonds. The maximum absolute atomic E-state index is 9.54. The standard InChI is InChI=1S/C14H22N2O2/c1-10(15)14-9-16(6-7-18-14)11(2)12-4-3-5-13(17)8-12/h3-5,8,10-11,14,17H,6-7,9,15H2,1-2H3. The van der Waals surface area contributed by atoms with Crippen molar-refractivity contribution in [2.75, 3.05) is 19.7 Å². The molecule has 18 heavy (non-hydrogen) atoms. The summed E-state index contributed by atoms with van der Waals surface area (Å²) < 4.78 is 5.66. The molecule has 4 nitrogen and oxygen atoms in total. The Bertz CT molecular complexity index is 395. The highest BCUT2D eigenvalue weighted by Gasteiger charge is 2.26. The molecule has 2 rings (SSSR count). The van der Waals surface area contributed by atoms with Crippen LogP contribution in [0.3, 0.4) is 0 Å². The molecule has 1 aliphatic heterocycles. The average molecular weight is 250 g/mol. The Morgan fingerprint density at radius 3 is 2.89 bits per heavy atom. The Kier molecular flexibility index (Phi) is 4.22. The van der Waals surface area contributed by atoms with Gasteiger partial charge < -0.3 is 15.6 Å². The second-order valence-corrected chi connectivity index (χ2v) is 5.03. The summed E-state index contributed by atoms with van der Waals surface area (Å²) in [6, 6.07) is 7.75. The van der Waals surface area contributed by atoms with Crippen molar-refractivity contribution >= 4 is 0 Å². The minimum Gasteiger partial charge on any atom is -0.508 e. The fraction of sp³-hybridized carbons (Fsp3) is 0.571. The molecule has 1 aliphatic rings. The first-order chi connectivity index (χ1) is 8.58. The zero-order valence-electron chi connectivity index (χ0n) is 11.0. The van der Waals surface area contributed by atoms with Gasteiger partial charge in [-0.15, -0.1) is 0 Å². The monoisotopic (exact) mass is 250 g/mol. The molecule has 1 aromatic rings. The van der Waals surface area contributed by atoms with Crippen LogP contribution < -0.4 is 5.73 Å². The smallest absolute Gasteiger partial charge is 0.115 e. The Balaban J connectivity index is 2.06. The molecule has 1 fully saturated rings.